The van der Waals surface area contributed by atoms with E-state index < -0.39 is 92.5 Å². The maximum absolute atomic E-state index is 14.3. The second kappa shape index (κ2) is 13.2. The Labute approximate surface area is 222 Å². The lowest BCUT2D eigenvalue weighted by Crippen LogP contribution is -2.46. The van der Waals surface area contributed by atoms with E-state index in [2.05, 4.69) is 10.2 Å². The number of hydrogen-bond acceptors (Lipinski definition) is 10. The van der Waals surface area contributed by atoms with Crippen LogP contribution in [0.5, 0.6) is 0 Å². The van der Waals surface area contributed by atoms with Crippen molar-refractivity contribution in [2.75, 3.05) is 6.61 Å². The first-order valence-corrected chi connectivity index (χ1v) is 13.8. The van der Waals surface area contributed by atoms with Gasteiger partial charge in [-0.3, -0.25) is 28.5 Å². The maximum atomic E-state index is 14.3. The molecule has 0 radical (unpaired) electrons. The number of carbonyl (C=O) groups excluding carboxylic acids is 2. The van der Waals surface area contributed by atoms with Crippen LogP contribution in [0.4, 0.5) is 8.78 Å². The molecule has 1 aromatic rings. The summed E-state index contributed by atoms with van der Waals surface area (Å²) in [4.78, 5) is 50.0. The van der Waals surface area contributed by atoms with Crippen molar-refractivity contribution < 1.29 is 46.8 Å². The Morgan fingerprint density at radius 1 is 1.13 bits per heavy atom. The minimum absolute atomic E-state index is 0.515. The Morgan fingerprint density at radius 2 is 1.64 bits per heavy atom. The third-order valence-electron chi connectivity index (χ3n) is 5.39. The van der Waals surface area contributed by atoms with Crippen molar-refractivity contribution in [2.45, 2.75) is 96.6 Å². The molecular formula is C22H35F2N4O10P. The summed E-state index contributed by atoms with van der Waals surface area (Å²) in [5, 5.41) is 15.2. The standard InChI is InChI=1S/C22H35F2N4O10P/c1-11(2)36-18(31)13(5)26-39(34,27-14(6)19(32)37-12(3)4)35-10-22(20(23)24)9-15(29)17(38-22)28-8-7-16(30)25-21(28)33/h7-8,11-15,17,20,29H,9-10H2,1-6H3,(H,25,30,33)(H2,26,27,34)/t13-,14-,15+,17+,22-/m0/s1. The zero-order valence-electron chi connectivity index (χ0n) is 22.4. The number of aromatic amines is 1. The van der Waals surface area contributed by atoms with E-state index in [1.165, 1.54) is 13.8 Å². The topological polar surface area (TPSA) is 187 Å². The molecule has 17 heteroatoms. The molecule has 1 aromatic heterocycles. The number of nitrogens with one attached hydrogen (secondary N) is 3. The number of ether oxygens (including phenoxy) is 3. The van der Waals surface area contributed by atoms with Crippen LogP contribution in [0.3, 0.4) is 0 Å². The Kier molecular flexibility index (Phi) is 11.1. The molecule has 0 bridgehead atoms. The van der Waals surface area contributed by atoms with Gasteiger partial charge in [-0.25, -0.2) is 23.7 Å². The minimum atomic E-state index is -4.50. The molecule has 1 fully saturated rings. The highest BCUT2D eigenvalue weighted by Gasteiger charge is 2.54. The van der Waals surface area contributed by atoms with Gasteiger partial charge in [0.1, 0.15) is 18.2 Å². The molecule has 1 aliphatic heterocycles. The Morgan fingerprint density at radius 3 is 2.08 bits per heavy atom. The summed E-state index contributed by atoms with van der Waals surface area (Å²) in [6.45, 7) is 7.81. The number of H-pyrrole nitrogens is 1. The highest BCUT2D eigenvalue weighted by atomic mass is 31.2. The monoisotopic (exact) mass is 584 g/mol. The highest BCUT2D eigenvalue weighted by molar-refractivity contribution is 7.54. The first-order valence-electron chi connectivity index (χ1n) is 12.1. The normalized spacial score (nSPS) is 23.3. The van der Waals surface area contributed by atoms with Gasteiger partial charge in [-0.2, -0.15) is 0 Å². The fourth-order valence-electron chi connectivity index (χ4n) is 3.58. The van der Waals surface area contributed by atoms with Crippen LogP contribution in [0.2, 0.25) is 0 Å². The molecule has 0 amide bonds. The van der Waals surface area contributed by atoms with Gasteiger partial charge in [-0.15, -0.1) is 0 Å². The summed E-state index contributed by atoms with van der Waals surface area (Å²) in [5.74, 6) is -1.66. The van der Waals surface area contributed by atoms with Crippen LogP contribution in [0.25, 0.3) is 0 Å². The van der Waals surface area contributed by atoms with Gasteiger partial charge in [0.2, 0.25) is 0 Å². The van der Waals surface area contributed by atoms with Gasteiger partial charge >= 0.3 is 25.3 Å². The Bertz CT molecular complexity index is 1140. The summed E-state index contributed by atoms with van der Waals surface area (Å²) in [7, 11) is -4.50. The molecule has 0 aliphatic carbocycles. The lowest BCUT2D eigenvalue weighted by molar-refractivity contribution is -0.169. The molecule has 14 nitrogen and oxygen atoms in total. The summed E-state index contributed by atoms with van der Waals surface area (Å²) in [5.41, 5.74) is -4.33. The third-order valence-corrected chi connectivity index (χ3v) is 7.34. The van der Waals surface area contributed by atoms with Gasteiger partial charge in [0.25, 0.3) is 12.0 Å². The molecule has 5 atom stereocenters. The molecule has 39 heavy (non-hydrogen) atoms. The fraction of sp³-hybridized carbons (Fsp3) is 0.727. The third kappa shape index (κ3) is 8.75. The van der Waals surface area contributed by atoms with Crippen LogP contribution >= 0.6 is 7.67 Å². The zero-order chi connectivity index (χ0) is 29.7. The number of halogens is 2. The zero-order valence-corrected chi connectivity index (χ0v) is 23.3. The van der Waals surface area contributed by atoms with E-state index >= 15 is 0 Å². The summed E-state index contributed by atoms with van der Waals surface area (Å²) >= 11 is 0. The molecule has 1 saturated heterocycles. The second-order valence-electron chi connectivity index (χ2n) is 9.66. The van der Waals surface area contributed by atoms with Crippen LogP contribution in [0.1, 0.15) is 54.2 Å². The summed E-state index contributed by atoms with van der Waals surface area (Å²) < 4.78 is 64.0. The second-order valence-corrected chi connectivity index (χ2v) is 11.5. The smallest absolute Gasteiger partial charge is 0.342 e. The van der Waals surface area contributed by atoms with Crippen molar-refractivity contribution >= 4 is 19.6 Å². The number of rotatable bonds is 13. The van der Waals surface area contributed by atoms with Gasteiger partial charge in [0.05, 0.1) is 18.8 Å². The van der Waals surface area contributed by atoms with Crippen LogP contribution in [0.15, 0.2) is 21.9 Å². The summed E-state index contributed by atoms with van der Waals surface area (Å²) in [6.07, 6.45) is -7.40. The van der Waals surface area contributed by atoms with E-state index in [4.69, 9.17) is 18.7 Å². The van der Waals surface area contributed by atoms with Gasteiger partial charge in [-0.1, -0.05) is 0 Å². The van der Waals surface area contributed by atoms with Crippen molar-refractivity contribution in [3.8, 4) is 0 Å². The van der Waals surface area contributed by atoms with Crippen molar-refractivity contribution in [1.29, 1.82) is 0 Å². The predicted molar refractivity (Wildman–Crippen MR) is 132 cm³/mol. The van der Waals surface area contributed by atoms with E-state index in [0.717, 1.165) is 16.8 Å². The molecule has 222 valence electrons. The number of nitrogens with zero attached hydrogens (tertiary/aromatic N) is 1. The first-order chi connectivity index (χ1) is 18.0. The molecule has 0 unspecified atom stereocenters. The molecule has 1 aliphatic rings. The van der Waals surface area contributed by atoms with Crippen molar-refractivity contribution in [3.63, 3.8) is 0 Å². The van der Waals surface area contributed by atoms with E-state index in [9.17, 15) is 37.6 Å². The molecule has 0 aromatic carbocycles. The quantitative estimate of drug-likeness (QED) is 0.189. The number of aromatic nitrogens is 2. The van der Waals surface area contributed by atoms with Crippen LogP contribution in [-0.4, -0.2) is 75.6 Å². The lowest BCUT2D eigenvalue weighted by Gasteiger charge is -2.32. The van der Waals surface area contributed by atoms with E-state index in [-0.39, 0.29) is 0 Å². The SMILES string of the molecule is CC(C)OC(=O)[C@H](C)NP(=O)(N[C@@H](C)C(=O)OC(C)C)OC[C@]1(C(F)F)C[C@@H](O)[C@H](n2ccc(=O)[nH]c2=O)O1. The van der Waals surface area contributed by atoms with E-state index in [0.29, 0.717) is 0 Å². The van der Waals surface area contributed by atoms with Gasteiger partial charge in [0.15, 0.2) is 11.8 Å². The predicted octanol–water partition coefficient (Wildman–Crippen LogP) is 0.804. The Hall–Kier alpha value is -2.49. The average molecular weight is 585 g/mol. The molecule has 2 rings (SSSR count). The van der Waals surface area contributed by atoms with Crippen LogP contribution < -0.4 is 21.4 Å². The van der Waals surface area contributed by atoms with E-state index in [1.807, 2.05) is 4.98 Å². The molecule has 0 saturated carbocycles. The van der Waals surface area contributed by atoms with Crippen LogP contribution in [0, 0.1) is 0 Å². The maximum Gasteiger partial charge on any atom is 0.342 e. The highest BCUT2D eigenvalue weighted by Crippen LogP contribution is 2.46. The molecule has 4 N–H and O–H groups in total. The molecular weight excluding hydrogens is 549 g/mol. The summed E-state index contributed by atoms with van der Waals surface area (Å²) in [6, 6.07) is -1.61. The van der Waals surface area contributed by atoms with Crippen molar-refractivity contribution in [1.82, 2.24) is 19.7 Å². The number of esters is 2. The number of aliphatic hydroxyl groups is 1. The lowest BCUT2D eigenvalue weighted by atomic mass is 10.0. The number of aliphatic hydroxyl groups excluding tert-OH is 1. The molecule has 2 heterocycles. The van der Waals surface area contributed by atoms with Crippen LogP contribution in [-0.2, 0) is 32.9 Å². The van der Waals surface area contributed by atoms with Gasteiger partial charge < -0.3 is 23.8 Å². The number of hydrogen-bond donors (Lipinski definition) is 4. The van der Waals surface area contributed by atoms with Gasteiger partial charge in [-0.05, 0) is 41.5 Å². The average Bonchev–Trinajstić information content (AvgIpc) is 3.14. The van der Waals surface area contributed by atoms with Crippen molar-refractivity contribution in [2.24, 2.45) is 0 Å². The molecule has 0 spiro atoms. The largest absolute Gasteiger partial charge is 0.462 e. The number of alkyl halides is 2. The minimum Gasteiger partial charge on any atom is -0.462 e. The number of carbonyl (C=O) groups is 2. The van der Waals surface area contributed by atoms with Gasteiger partial charge in [0, 0.05) is 18.7 Å². The first kappa shape index (κ1) is 32.7. The van der Waals surface area contributed by atoms with Crippen molar-refractivity contribution in [3.05, 3.63) is 33.1 Å². The Balaban J connectivity index is 2.32. The van der Waals surface area contributed by atoms with E-state index in [1.54, 1.807) is 27.7 Å². The fourth-order valence-corrected chi connectivity index (χ4v) is 5.44.